The summed E-state index contributed by atoms with van der Waals surface area (Å²) in [5.74, 6) is 1.63. The maximum atomic E-state index is 13.2. The van der Waals surface area contributed by atoms with Gasteiger partial charge in [-0.3, -0.25) is 4.79 Å². The molecule has 2 fully saturated rings. The Kier molecular flexibility index (Phi) is 5.81. The highest BCUT2D eigenvalue weighted by Gasteiger charge is 2.33. The second-order valence-electron chi connectivity index (χ2n) is 9.03. The number of fused-ring (bicyclic) bond motifs is 1. The van der Waals surface area contributed by atoms with Crippen LogP contribution in [0.5, 0.6) is 5.75 Å². The van der Waals surface area contributed by atoms with Crippen LogP contribution in [0.1, 0.15) is 66.4 Å². The van der Waals surface area contributed by atoms with Crippen molar-refractivity contribution >= 4 is 11.7 Å². The fraction of sp³-hybridized carbons (Fsp3) is 0.520. The molecule has 3 heterocycles. The number of aromatic nitrogens is 1. The van der Waals surface area contributed by atoms with Gasteiger partial charge >= 0.3 is 0 Å². The minimum atomic E-state index is -0.457. The van der Waals surface area contributed by atoms with Crippen LogP contribution in [0, 0.1) is 0 Å². The minimum Gasteiger partial charge on any atom is -0.487 e. The van der Waals surface area contributed by atoms with Gasteiger partial charge in [-0.05, 0) is 61.8 Å². The van der Waals surface area contributed by atoms with E-state index in [0.29, 0.717) is 24.4 Å². The highest BCUT2D eigenvalue weighted by atomic mass is 16.5. The maximum Gasteiger partial charge on any atom is 0.258 e. The molecule has 2 atom stereocenters. The summed E-state index contributed by atoms with van der Waals surface area (Å²) in [6.45, 7) is 3.26. The third-order valence-corrected chi connectivity index (χ3v) is 6.78. The lowest BCUT2D eigenvalue weighted by atomic mass is 9.94. The second kappa shape index (κ2) is 8.87. The number of aliphatic hydroxyl groups excluding tert-OH is 1. The lowest BCUT2D eigenvalue weighted by Gasteiger charge is -2.28. The van der Waals surface area contributed by atoms with Gasteiger partial charge in [0.05, 0.1) is 11.7 Å². The van der Waals surface area contributed by atoms with Crippen LogP contribution in [0.2, 0.25) is 0 Å². The van der Waals surface area contributed by atoms with Crippen molar-refractivity contribution in [2.24, 2.45) is 0 Å². The van der Waals surface area contributed by atoms with Crippen LogP contribution in [0.3, 0.4) is 0 Å². The predicted molar refractivity (Wildman–Crippen MR) is 119 cm³/mol. The number of rotatable bonds is 5. The van der Waals surface area contributed by atoms with Crippen molar-refractivity contribution in [2.75, 3.05) is 18.0 Å². The van der Waals surface area contributed by atoms with E-state index in [1.807, 2.05) is 29.3 Å². The second-order valence-corrected chi connectivity index (χ2v) is 9.03. The number of amides is 1. The molecule has 164 valence electrons. The van der Waals surface area contributed by atoms with Crippen molar-refractivity contribution in [2.45, 2.75) is 70.2 Å². The number of carbonyl (C=O) groups excluding carboxylic acids is 1. The number of pyridine rings is 1. The standard InChI is InChI=1S/C25H31N3O3/c29-20-8-2-3-9-21(20)31-22-10-6-7-19-17-28(25(30)24(19)22)16-18-11-12-23(26-15-18)27-13-4-1-5-14-27/h6-7,10-12,15,20-21,29H,1-5,8-9,13-14,16-17H2/t20-,21-/m0/s1. The summed E-state index contributed by atoms with van der Waals surface area (Å²) in [4.78, 5) is 22.1. The molecule has 1 saturated carbocycles. The van der Waals surface area contributed by atoms with Gasteiger partial charge in [-0.2, -0.15) is 0 Å². The van der Waals surface area contributed by atoms with Gasteiger partial charge in [-0.25, -0.2) is 4.98 Å². The molecule has 0 radical (unpaired) electrons. The van der Waals surface area contributed by atoms with Gasteiger partial charge in [0.1, 0.15) is 17.7 Å². The van der Waals surface area contributed by atoms with E-state index >= 15 is 0 Å². The molecule has 3 aliphatic rings. The van der Waals surface area contributed by atoms with Crippen molar-refractivity contribution in [3.05, 3.63) is 53.2 Å². The Morgan fingerprint density at radius 1 is 1.03 bits per heavy atom. The molecule has 31 heavy (non-hydrogen) atoms. The van der Waals surface area contributed by atoms with Crippen LogP contribution < -0.4 is 9.64 Å². The average molecular weight is 422 g/mol. The topological polar surface area (TPSA) is 65.9 Å². The van der Waals surface area contributed by atoms with E-state index < -0.39 is 6.10 Å². The van der Waals surface area contributed by atoms with E-state index in [1.165, 1.54) is 19.3 Å². The summed E-state index contributed by atoms with van der Waals surface area (Å²) in [5.41, 5.74) is 2.68. The lowest BCUT2D eigenvalue weighted by Crippen LogP contribution is -2.35. The molecule has 1 aliphatic carbocycles. The van der Waals surface area contributed by atoms with Crippen LogP contribution >= 0.6 is 0 Å². The molecule has 1 amide bonds. The molecule has 0 unspecified atom stereocenters. The summed E-state index contributed by atoms with van der Waals surface area (Å²) in [6, 6.07) is 9.96. The van der Waals surface area contributed by atoms with E-state index in [1.54, 1.807) is 0 Å². The molecule has 1 N–H and O–H groups in total. The lowest BCUT2D eigenvalue weighted by molar-refractivity contribution is 0.00636. The largest absolute Gasteiger partial charge is 0.487 e. The highest BCUT2D eigenvalue weighted by molar-refractivity contribution is 6.01. The third-order valence-electron chi connectivity index (χ3n) is 6.78. The number of nitrogens with zero attached hydrogens (tertiary/aromatic N) is 3. The van der Waals surface area contributed by atoms with Crippen LogP contribution in [-0.2, 0) is 13.1 Å². The SMILES string of the molecule is O=C1c2c(cccc2O[C@H]2CCCC[C@@H]2O)CN1Cc1ccc(N2CCCCC2)nc1. The smallest absolute Gasteiger partial charge is 0.258 e. The molecule has 5 rings (SSSR count). The molecule has 2 aromatic rings. The Bertz CT molecular complexity index is 924. The maximum absolute atomic E-state index is 13.2. The van der Waals surface area contributed by atoms with Crippen molar-refractivity contribution in [1.29, 1.82) is 0 Å². The van der Waals surface area contributed by atoms with Crippen molar-refractivity contribution in [3.63, 3.8) is 0 Å². The predicted octanol–water partition coefficient (Wildman–Crippen LogP) is 3.91. The molecule has 6 nitrogen and oxygen atoms in total. The zero-order chi connectivity index (χ0) is 21.2. The number of hydrogen-bond acceptors (Lipinski definition) is 5. The summed E-state index contributed by atoms with van der Waals surface area (Å²) in [6.07, 6.45) is 8.65. The van der Waals surface area contributed by atoms with Gasteiger partial charge in [0.25, 0.3) is 5.91 Å². The fourth-order valence-corrected chi connectivity index (χ4v) is 5.03. The van der Waals surface area contributed by atoms with Crippen LogP contribution in [0.25, 0.3) is 0 Å². The zero-order valence-corrected chi connectivity index (χ0v) is 18.0. The Morgan fingerprint density at radius 3 is 2.65 bits per heavy atom. The van der Waals surface area contributed by atoms with E-state index in [9.17, 15) is 9.90 Å². The molecular formula is C25H31N3O3. The minimum absolute atomic E-state index is 0.00370. The Balaban J connectivity index is 1.28. The number of carbonyl (C=O) groups is 1. The Labute approximate surface area is 183 Å². The summed E-state index contributed by atoms with van der Waals surface area (Å²) >= 11 is 0. The Morgan fingerprint density at radius 2 is 1.87 bits per heavy atom. The first kappa shape index (κ1) is 20.3. The van der Waals surface area contributed by atoms with Crippen LogP contribution in [0.15, 0.2) is 36.5 Å². The molecular weight excluding hydrogens is 390 g/mol. The summed E-state index contributed by atoms with van der Waals surface area (Å²) in [5, 5.41) is 10.3. The molecule has 2 aliphatic heterocycles. The Hall–Kier alpha value is -2.60. The van der Waals surface area contributed by atoms with Crippen molar-refractivity contribution < 1.29 is 14.6 Å². The zero-order valence-electron chi connectivity index (χ0n) is 18.0. The van der Waals surface area contributed by atoms with Gasteiger partial charge in [0.15, 0.2) is 0 Å². The van der Waals surface area contributed by atoms with Gasteiger partial charge in [0, 0.05) is 32.4 Å². The number of piperidine rings is 1. The van der Waals surface area contributed by atoms with Crippen molar-refractivity contribution in [1.82, 2.24) is 9.88 Å². The number of benzene rings is 1. The first-order chi connectivity index (χ1) is 15.2. The van der Waals surface area contributed by atoms with E-state index in [0.717, 1.165) is 55.7 Å². The van der Waals surface area contributed by atoms with E-state index in [-0.39, 0.29) is 12.0 Å². The average Bonchev–Trinajstić information content (AvgIpc) is 3.12. The van der Waals surface area contributed by atoms with Gasteiger partial charge < -0.3 is 19.6 Å². The number of ether oxygens (including phenoxy) is 1. The van der Waals surface area contributed by atoms with Crippen LogP contribution in [-0.4, -0.2) is 46.2 Å². The molecule has 1 aromatic heterocycles. The third kappa shape index (κ3) is 4.26. The molecule has 0 bridgehead atoms. The van der Waals surface area contributed by atoms with Crippen molar-refractivity contribution in [3.8, 4) is 5.75 Å². The first-order valence-corrected chi connectivity index (χ1v) is 11.6. The van der Waals surface area contributed by atoms with E-state index in [4.69, 9.17) is 4.74 Å². The quantitative estimate of drug-likeness (QED) is 0.793. The molecule has 0 spiro atoms. The highest BCUT2D eigenvalue weighted by Crippen LogP contribution is 2.34. The number of aliphatic hydroxyl groups is 1. The van der Waals surface area contributed by atoms with Crippen LogP contribution in [0.4, 0.5) is 5.82 Å². The first-order valence-electron chi connectivity index (χ1n) is 11.6. The van der Waals surface area contributed by atoms with E-state index in [2.05, 4.69) is 22.0 Å². The van der Waals surface area contributed by atoms with Gasteiger partial charge in [-0.15, -0.1) is 0 Å². The normalized spacial score (nSPS) is 23.7. The molecule has 1 saturated heterocycles. The monoisotopic (exact) mass is 421 g/mol. The number of anilines is 1. The van der Waals surface area contributed by atoms with Gasteiger partial charge in [0.2, 0.25) is 0 Å². The molecule has 1 aromatic carbocycles. The summed E-state index contributed by atoms with van der Waals surface area (Å²) in [7, 11) is 0. The van der Waals surface area contributed by atoms with Gasteiger partial charge in [-0.1, -0.05) is 24.6 Å². The fourth-order valence-electron chi connectivity index (χ4n) is 5.03. The summed E-state index contributed by atoms with van der Waals surface area (Å²) < 4.78 is 6.15. The number of hydrogen-bond donors (Lipinski definition) is 1. The molecule has 6 heteroatoms.